The fraction of sp³-hybridized carbons (Fsp3) is 0.333. The maximum Gasteiger partial charge on any atom is 0.264 e. The van der Waals surface area contributed by atoms with E-state index in [9.17, 15) is 4.79 Å². The van der Waals surface area contributed by atoms with Crippen LogP contribution in [0.25, 0.3) is 5.82 Å². The Labute approximate surface area is 169 Å². The molecule has 1 fully saturated rings. The molecule has 0 saturated carbocycles. The van der Waals surface area contributed by atoms with Crippen molar-refractivity contribution in [3.63, 3.8) is 0 Å². The normalized spacial score (nSPS) is 14.6. The highest BCUT2D eigenvalue weighted by atomic mass is 79.9. The first-order valence-corrected chi connectivity index (χ1v) is 10.3. The van der Waals surface area contributed by atoms with E-state index in [2.05, 4.69) is 35.9 Å². The average Bonchev–Trinajstić information content (AvgIpc) is 3.26. The fourth-order valence-electron chi connectivity index (χ4n) is 3.21. The number of hydrogen-bond acceptors (Lipinski definition) is 6. The molecule has 1 amide bonds. The van der Waals surface area contributed by atoms with E-state index >= 15 is 0 Å². The number of amides is 1. The van der Waals surface area contributed by atoms with Crippen LogP contribution in [0.2, 0.25) is 0 Å². The molecule has 0 unspecified atom stereocenters. The molecule has 27 heavy (non-hydrogen) atoms. The van der Waals surface area contributed by atoms with E-state index in [-0.39, 0.29) is 5.91 Å². The Kier molecular flexibility index (Phi) is 4.96. The van der Waals surface area contributed by atoms with E-state index in [1.165, 1.54) is 11.3 Å². The maximum absolute atomic E-state index is 12.6. The fourth-order valence-corrected chi connectivity index (χ4v) is 4.60. The van der Waals surface area contributed by atoms with Gasteiger partial charge in [-0.15, -0.1) is 11.3 Å². The van der Waals surface area contributed by atoms with E-state index in [0.717, 1.165) is 45.5 Å². The van der Waals surface area contributed by atoms with Gasteiger partial charge in [-0.1, -0.05) is 0 Å². The smallest absolute Gasteiger partial charge is 0.264 e. The van der Waals surface area contributed by atoms with Crippen LogP contribution in [0, 0.1) is 13.8 Å². The van der Waals surface area contributed by atoms with E-state index < -0.39 is 0 Å². The van der Waals surface area contributed by atoms with Crippen LogP contribution in [0.5, 0.6) is 0 Å². The van der Waals surface area contributed by atoms with Crippen molar-refractivity contribution in [3.05, 3.63) is 50.6 Å². The molecule has 0 aliphatic carbocycles. The van der Waals surface area contributed by atoms with Gasteiger partial charge in [0.1, 0.15) is 12.1 Å². The molecule has 3 aromatic rings. The van der Waals surface area contributed by atoms with E-state index in [1.54, 1.807) is 6.33 Å². The SMILES string of the molecule is Cc1cc(C)n(-c2cc(N3CCN(C(=O)c4cc(Br)cs4)CC3)ncn2)n1. The maximum atomic E-state index is 12.6. The first-order chi connectivity index (χ1) is 13.0. The molecule has 1 saturated heterocycles. The van der Waals surface area contributed by atoms with Gasteiger partial charge in [0.2, 0.25) is 0 Å². The lowest BCUT2D eigenvalue weighted by atomic mass is 10.3. The molecule has 0 spiro atoms. The number of rotatable bonds is 3. The van der Waals surface area contributed by atoms with Gasteiger partial charge in [-0.05, 0) is 41.9 Å². The van der Waals surface area contributed by atoms with Gasteiger partial charge >= 0.3 is 0 Å². The van der Waals surface area contributed by atoms with Crippen molar-refractivity contribution in [2.24, 2.45) is 0 Å². The lowest BCUT2D eigenvalue weighted by Crippen LogP contribution is -2.48. The molecule has 4 heterocycles. The summed E-state index contributed by atoms with van der Waals surface area (Å²) >= 11 is 4.88. The zero-order valence-corrected chi connectivity index (χ0v) is 17.5. The molecular weight excluding hydrogens is 428 g/mol. The Morgan fingerprint density at radius 1 is 1.07 bits per heavy atom. The monoisotopic (exact) mass is 446 g/mol. The highest BCUT2D eigenvalue weighted by Gasteiger charge is 2.24. The third kappa shape index (κ3) is 3.74. The van der Waals surface area contributed by atoms with Crippen molar-refractivity contribution in [2.45, 2.75) is 13.8 Å². The summed E-state index contributed by atoms with van der Waals surface area (Å²) in [5.74, 6) is 1.71. The standard InChI is InChI=1S/C18H19BrN6OS/c1-12-7-13(2)25(22-12)17-9-16(20-11-21-17)23-3-5-24(6-4-23)18(26)15-8-14(19)10-27-15/h7-11H,3-6H2,1-2H3. The van der Waals surface area contributed by atoms with Crippen LogP contribution >= 0.6 is 27.3 Å². The molecule has 0 radical (unpaired) electrons. The van der Waals surface area contributed by atoms with E-state index in [0.29, 0.717) is 13.1 Å². The Morgan fingerprint density at radius 3 is 2.44 bits per heavy atom. The molecule has 0 aromatic carbocycles. The molecular formula is C18H19BrN6OS. The van der Waals surface area contributed by atoms with Crippen molar-refractivity contribution < 1.29 is 4.79 Å². The predicted molar refractivity (Wildman–Crippen MR) is 109 cm³/mol. The third-order valence-electron chi connectivity index (χ3n) is 4.53. The number of carbonyl (C=O) groups is 1. The summed E-state index contributed by atoms with van der Waals surface area (Å²) in [7, 11) is 0. The van der Waals surface area contributed by atoms with Crippen molar-refractivity contribution >= 4 is 39.0 Å². The average molecular weight is 447 g/mol. The van der Waals surface area contributed by atoms with Crippen LogP contribution in [-0.4, -0.2) is 56.7 Å². The summed E-state index contributed by atoms with van der Waals surface area (Å²) < 4.78 is 2.78. The first-order valence-electron chi connectivity index (χ1n) is 8.65. The molecule has 9 heteroatoms. The van der Waals surface area contributed by atoms with E-state index in [1.807, 2.05) is 47.0 Å². The zero-order chi connectivity index (χ0) is 19.0. The molecule has 1 aliphatic heterocycles. The summed E-state index contributed by atoms with van der Waals surface area (Å²) in [6.45, 7) is 6.81. The van der Waals surface area contributed by atoms with Gasteiger partial charge in [-0.3, -0.25) is 4.79 Å². The molecule has 0 atom stereocenters. The lowest BCUT2D eigenvalue weighted by molar-refractivity contribution is 0.0751. The highest BCUT2D eigenvalue weighted by Crippen LogP contribution is 2.23. The Bertz CT molecular complexity index is 976. The third-order valence-corrected chi connectivity index (χ3v) is 6.21. The van der Waals surface area contributed by atoms with Crippen molar-refractivity contribution in [1.29, 1.82) is 0 Å². The minimum absolute atomic E-state index is 0.0939. The van der Waals surface area contributed by atoms with Gasteiger partial charge in [-0.2, -0.15) is 5.10 Å². The summed E-state index contributed by atoms with van der Waals surface area (Å²) in [6.07, 6.45) is 1.57. The Hall–Kier alpha value is -2.26. The number of nitrogens with zero attached hydrogens (tertiary/aromatic N) is 6. The first kappa shape index (κ1) is 18.1. The van der Waals surface area contributed by atoms with Crippen LogP contribution in [0.15, 0.2) is 34.4 Å². The van der Waals surface area contributed by atoms with Gasteiger partial charge in [0.05, 0.1) is 10.6 Å². The molecule has 140 valence electrons. The van der Waals surface area contributed by atoms with Crippen LogP contribution < -0.4 is 4.90 Å². The van der Waals surface area contributed by atoms with Crippen LogP contribution in [-0.2, 0) is 0 Å². The molecule has 1 aliphatic rings. The van der Waals surface area contributed by atoms with Gasteiger partial charge in [0.15, 0.2) is 5.82 Å². The lowest BCUT2D eigenvalue weighted by Gasteiger charge is -2.35. The molecule has 3 aromatic heterocycles. The Balaban J connectivity index is 1.46. The van der Waals surface area contributed by atoms with Gasteiger partial charge in [0.25, 0.3) is 5.91 Å². The Morgan fingerprint density at radius 2 is 1.81 bits per heavy atom. The van der Waals surface area contributed by atoms with Crippen LogP contribution in [0.1, 0.15) is 21.1 Å². The number of aryl methyl sites for hydroxylation is 2. The number of piperazine rings is 1. The largest absolute Gasteiger partial charge is 0.353 e. The molecule has 0 bridgehead atoms. The second-order valence-electron chi connectivity index (χ2n) is 6.48. The summed E-state index contributed by atoms with van der Waals surface area (Å²) in [4.78, 5) is 26.2. The molecule has 4 rings (SSSR count). The van der Waals surface area contributed by atoms with Crippen molar-refractivity contribution in [3.8, 4) is 5.82 Å². The van der Waals surface area contributed by atoms with Crippen molar-refractivity contribution in [1.82, 2.24) is 24.6 Å². The van der Waals surface area contributed by atoms with Crippen LogP contribution in [0.4, 0.5) is 5.82 Å². The minimum Gasteiger partial charge on any atom is -0.353 e. The number of thiophene rings is 1. The number of aromatic nitrogens is 4. The number of anilines is 1. The quantitative estimate of drug-likeness (QED) is 0.618. The van der Waals surface area contributed by atoms with Crippen LogP contribution in [0.3, 0.4) is 0 Å². The second-order valence-corrected chi connectivity index (χ2v) is 8.31. The second kappa shape index (κ2) is 7.40. The predicted octanol–water partition coefficient (Wildman–Crippen LogP) is 3.07. The van der Waals surface area contributed by atoms with E-state index in [4.69, 9.17) is 0 Å². The number of hydrogen-bond donors (Lipinski definition) is 0. The molecule has 7 nitrogen and oxygen atoms in total. The highest BCUT2D eigenvalue weighted by molar-refractivity contribution is 9.10. The van der Waals surface area contributed by atoms with Crippen molar-refractivity contribution in [2.75, 3.05) is 31.1 Å². The van der Waals surface area contributed by atoms with Gasteiger partial charge in [0, 0.05) is 47.8 Å². The summed E-state index contributed by atoms with van der Waals surface area (Å²) in [6, 6.07) is 5.85. The zero-order valence-electron chi connectivity index (χ0n) is 15.1. The van der Waals surface area contributed by atoms with Gasteiger partial charge < -0.3 is 9.80 Å². The number of carbonyl (C=O) groups excluding carboxylic acids is 1. The summed E-state index contributed by atoms with van der Waals surface area (Å²) in [5.41, 5.74) is 2.00. The number of halogens is 1. The molecule has 0 N–H and O–H groups in total. The topological polar surface area (TPSA) is 67.2 Å². The summed E-state index contributed by atoms with van der Waals surface area (Å²) in [5, 5.41) is 6.43. The minimum atomic E-state index is 0.0939. The van der Waals surface area contributed by atoms with Gasteiger partial charge in [-0.25, -0.2) is 14.6 Å².